The van der Waals surface area contributed by atoms with Crippen LogP contribution in [0.3, 0.4) is 0 Å². The van der Waals surface area contributed by atoms with Gasteiger partial charge in [0.05, 0.1) is 49.9 Å². The SMILES string of the molecule is CNc1cc(-c2cn(C3CCCOC3)c3ncccc23)nc2c(C(=O)NC3COCC3O)cnn12. The predicted molar refractivity (Wildman–Crippen MR) is 128 cm³/mol. The Morgan fingerprint density at radius 1 is 1.23 bits per heavy atom. The molecule has 3 atom stereocenters. The normalized spacial score (nSPS) is 22.6. The molecule has 35 heavy (non-hydrogen) atoms. The van der Waals surface area contributed by atoms with Gasteiger partial charge < -0.3 is 29.8 Å². The van der Waals surface area contributed by atoms with Crippen molar-refractivity contribution in [2.45, 2.75) is 31.0 Å². The molecule has 11 heteroatoms. The van der Waals surface area contributed by atoms with Crippen LogP contribution in [0.4, 0.5) is 5.82 Å². The van der Waals surface area contributed by atoms with Crippen LogP contribution >= 0.6 is 0 Å². The van der Waals surface area contributed by atoms with Crippen molar-refractivity contribution >= 4 is 28.4 Å². The number of ether oxygens (including phenoxy) is 2. The minimum atomic E-state index is -0.737. The van der Waals surface area contributed by atoms with E-state index in [1.165, 1.54) is 6.20 Å². The van der Waals surface area contributed by atoms with E-state index < -0.39 is 12.1 Å². The van der Waals surface area contributed by atoms with Gasteiger partial charge in [-0.25, -0.2) is 9.97 Å². The summed E-state index contributed by atoms with van der Waals surface area (Å²) in [5.74, 6) is 0.337. The Hall–Kier alpha value is -3.54. The second kappa shape index (κ2) is 8.91. The summed E-state index contributed by atoms with van der Waals surface area (Å²) < 4.78 is 14.8. The number of nitrogens with one attached hydrogen (secondary N) is 2. The third-order valence-electron chi connectivity index (χ3n) is 6.73. The summed E-state index contributed by atoms with van der Waals surface area (Å²) in [6.45, 7) is 1.91. The van der Waals surface area contributed by atoms with Crippen molar-refractivity contribution in [3.63, 3.8) is 0 Å². The third kappa shape index (κ3) is 3.81. The number of nitrogens with zero attached hydrogens (tertiary/aromatic N) is 5. The molecule has 4 aromatic rings. The maximum Gasteiger partial charge on any atom is 0.257 e. The Morgan fingerprint density at radius 3 is 2.91 bits per heavy atom. The second-order valence-electron chi connectivity index (χ2n) is 8.95. The predicted octanol–water partition coefficient (Wildman–Crippen LogP) is 1.63. The molecule has 1 amide bonds. The molecule has 0 aliphatic carbocycles. The van der Waals surface area contributed by atoms with Crippen LogP contribution in [0.5, 0.6) is 0 Å². The molecule has 2 aliphatic heterocycles. The molecule has 3 unspecified atom stereocenters. The van der Waals surface area contributed by atoms with Crippen LogP contribution in [0.15, 0.2) is 36.8 Å². The molecule has 0 radical (unpaired) electrons. The summed E-state index contributed by atoms with van der Waals surface area (Å²) in [6, 6.07) is 5.61. The summed E-state index contributed by atoms with van der Waals surface area (Å²) in [5, 5.41) is 21.4. The van der Waals surface area contributed by atoms with E-state index in [0.717, 1.165) is 36.0 Å². The van der Waals surface area contributed by atoms with Crippen molar-refractivity contribution < 1.29 is 19.4 Å². The minimum absolute atomic E-state index is 0.205. The highest BCUT2D eigenvalue weighted by Crippen LogP contribution is 2.34. The zero-order valence-corrected chi connectivity index (χ0v) is 19.3. The molecule has 0 saturated carbocycles. The van der Waals surface area contributed by atoms with Gasteiger partial charge in [0.15, 0.2) is 5.65 Å². The summed E-state index contributed by atoms with van der Waals surface area (Å²) >= 11 is 0. The van der Waals surface area contributed by atoms with E-state index in [4.69, 9.17) is 14.5 Å². The van der Waals surface area contributed by atoms with E-state index in [2.05, 4.69) is 31.5 Å². The molecule has 0 spiro atoms. The first kappa shape index (κ1) is 22.0. The Morgan fingerprint density at radius 2 is 2.14 bits per heavy atom. The molecule has 0 aromatic carbocycles. The van der Waals surface area contributed by atoms with Crippen molar-refractivity contribution in [2.24, 2.45) is 0 Å². The highest BCUT2D eigenvalue weighted by Gasteiger charge is 2.29. The van der Waals surface area contributed by atoms with Crippen LogP contribution in [0.1, 0.15) is 29.2 Å². The zero-order chi connectivity index (χ0) is 23.9. The van der Waals surface area contributed by atoms with E-state index >= 15 is 0 Å². The first-order valence-corrected chi connectivity index (χ1v) is 11.8. The Kier molecular flexibility index (Phi) is 5.59. The molecule has 2 aliphatic rings. The largest absolute Gasteiger partial charge is 0.388 e. The van der Waals surface area contributed by atoms with Gasteiger partial charge in [-0.15, -0.1) is 0 Å². The molecule has 0 bridgehead atoms. The molecule has 182 valence electrons. The number of fused-ring (bicyclic) bond motifs is 2. The van der Waals surface area contributed by atoms with Gasteiger partial charge in [0.1, 0.15) is 17.0 Å². The number of carbonyl (C=O) groups excluding carboxylic acids is 1. The van der Waals surface area contributed by atoms with Crippen LogP contribution in [-0.2, 0) is 9.47 Å². The number of anilines is 1. The van der Waals surface area contributed by atoms with E-state index in [1.54, 1.807) is 17.8 Å². The molecular formula is C24H27N7O4. The minimum Gasteiger partial charge on any atom is -0.388 e. The number of hydrogen-bond acceptors (Lipinski definition) is 8. The first-order chi connectivity index (χ1) is 17.1. The number of aromatic nitrogens is 5. The smallest absolute Gasteiger partial charge is 0.257 e. The molecule has 2 saturated heterocycles. The topological polar surface area (TPSA) is 128 Å². The maximum absolute atomic E-state index is 13.1. The average Bonchev–Trinajstić information content (AvgIpc) is 3.61. The lowest BCUT2D eigenvalue weighted by atomic mass is 10.1. The summed E-state index contributed by atoms with van der Waals surface area (Å²) in [4.78, 5) is 22.6. The van der Waals surface area contributed by atoms with Gasteiger partial charge in [0, 0.05) is 43.1 Å². The van der Waals surface area contributed by atoms with Gasteiger partial charge in [-0.05, 0) is 25.0 Å². The number of aliphatic hydroxyl groups excluding tert-OH is 1. The number of amides is 1. The van der Waals surface area contributed by atoms with Gasteiger partial charge in [-0.1, -0.05) is 0 Å². The van der Waals surface area contributed by atoms with Crippen molar-refractivity contribution in [1.82, 2.24) is 29.5 Å². The fraction of sp³-hybridized carbons (Fsp3) is 0.417. The van der Waals surface area contributed by atoms with Gasteiger partial charge in [0.25, 0.3) is 5.91 Å². The van der Waals surface area contributed by atoms with Crippen LogP contribution < -0.4 is 10.6 Å². The number of pyridine rings is 1. The molecule has 4 aromatic heterocycles. The van der Waals surface area contributed by atoms with Gasteiger partial charge in [-0.3, -0.25) is 4.79 Å². The van der Waals surface area contributed by atoms with Crippen LogP contribution in [0, 0.1) is 0 Å². The summed E-state index contributed by atoms with van der Waals surface area (Å²) in [5.41, 5.74) is 3.25. The highest BCUT2D eigenvalue weighted by atomic mass is 16.5. The van der Waals surface area contributed by atoms with Crippen molar-refractivity contribution in [1.29, 1.82) is 0 Å². The molecule has 2 fully saturated rings. The highest BCUT2D eigenvalue weighted by molar-refractivity contribution is 6.01. The third-order valence-corrected chi connectivity index (χ3v) is 6.73. The quantitative estimate of drug-likeness (QED) is 0.396. The van der Waals surface area contributed by atoms with Crippen LogP contribution in [0.25, 0.3) is 27.9 Å². The van der Waals surface area contributed by atoms with Crippen molar-refractivity contribution in [3.05, 3.63) is 42.4 Å². The van der Waals surface area contributed by atoms with E-state index in [0.29, 0.717) is 29.3 Å². The summed E-state index contributed by atoms with van der Waals surface area (Å²) in [7, 11) is 1.80. The number of carbonyl (C=O) groups is 1. The number of aliphatic hydroxyl groups is 1. The average molecular weight is 478 g/mol. The molecule has 3 N–H and O–H groups in total. The lowest BCUT2D eigenvalue weighted by molar-refractivity contribution is 0.0605. The zero-order valence-electron chi connectivity index (χ0n) is 19.3. The van der Waals surface area contributed by atoms with Crippen molar-refractivity contribution in [2.75, 3.05) is 38.8 Å². The Balaban J connectivity index is 1.45. The van der Waals surface area contributed by atoms with Crippen LogP contribution in [0.2, 0.25) is 0 Å². The van der Waals surface area contributed by atoms with Gasteiger partial charge in [-0.2, -0.15) is 9.61 Å². The maximum atomic E-state index is 13.1. The fourth-order valence-electron chi connectivity index (χ4n) is 4.87. The van der Waals surface area contributed by atoms with Gasteiger partial charge >= 0.3 is 0 Å². The van der Waals surface area contributed by atoms with E-state index in [-0.39, 0.29) is 25.2 Å². The number of rotatable bonds is 5. The van der Waals surface area contributed by atoms with Crippen molar-refractivity contribution in [3.8, 4) is 11.3 Å². The van der Waals surface area contributed by atoms with Gasteiger partial charge in [0.2, 0.25) is 0 Å². The molecule has 6 heterocycles. The first-order valence-electron chi connectivity index (χ1n) is 11.8. The Labute approximate surface area is 201 Å². The standard InChI is InChI=1S/C24H27N7O4/c1-25-21-8-18(17-10-30(14-4-3-7-34-11-14)22-15(17)5-2-6-26-22)28-23-16(9-27-31(21)23)24(33)29-19-12-35-13-20(19)32/h2,5-6,8-10,14,19-20,25,32H,3-4,7,11-13H2,1H3,(H,29,33). The second-order valence-corrected chi connectivity index (χ2v) is 8.95. The molecule has 11 nitrogen and oxygen atoms in total. The summed E-state index contributed by atoms with van der Waals surface area (Å²) in [6.07, 6.45) is 6.67. The Bertz CT molecular complexity index is 1390. The van der Waals surface area contributed by atoms with E-state index in [9.17, 15) is 9.90 Å². The monoisotopic (exact) mass is 477 g/mol. The van der Waals surface area contributed by atoms with Crippen LogP contribution in [-0.4, -0.2) is 80.8 Å². The van der Waals surface area contributed by atoms with E-state index in [1.807, 2.05) is 18.2 Å². The molecule has 6 rings (SSSR count). The lowest BCUT2D eigenvalue weighted by Crippen LogP contribution is -2.42. The fourth-order valence-corrected chi connectivity index (χ4v) is 4.87. The lowest BCUT2D eigenvalue weighted by Gasteiger charge is -2.24. The number of hydrogen-bond donors (Lipinski definition) is 3. The molecular weight excluding hydrogens is 450 g/mol.